The van der Waals surface area contributed by atoms with Gasteiger partial charge in [-0.1, -0.05) is 18.2 Å². The zero-order chi connectivity index (χ0) is 14.2. The van der Waals surface area contributed by atoms with E-state index < -0.39 is 0 Å². The number of halogens is 1. The van der Waals surface area contributed by atoms with Crippen molar-refractivity contribution in [2.24, 2.45) is 0 Å². The molecule has 104 valence electrons. The number of rotatable bonds is 2. The molecule has 3 heterocycles. The molecular formula is C13H10ClN7. The lowest BCUT2D eigenvalue weighted by atomic mass is 10.2. The van der Waals surface area contributed by atoms with Crippen LogP contribution in [-0.2, 0) is 6.42 Å². The van der Waals surface area contributed by atoms with E-state index in [-0.39, 0.29) is 5.28 Å². The second-order valence-electron chi connectivity index (χ2n) is 4.57. The van der Waals surface area contributed by atoms with Crippen molar-refractivity contribution in [1.82, 2.24) is 29.7 Å². The first-order valence-corrected chi connectivity index (χ1v) is 6.81. The van der Waals surface area contributed by atoms with Crippen LogP contribution >= 0.6 is 11.6 Å². The van der Waals surface area contributed by atoms with Gasteiger partial charge in [-0.15, -0.1) is 0 Å². The van der Waals surface area contributed by atoms with Gasteiger partial charge in [0.2, 0.25) is 11.2 Å². The molecule has 0 saturated heterocycles. The predicted octanol–water partition coefficient (Wildman–Crippen LogP) is 1.80. The van der Waals surface area contributed by atoms with Crippen LogP contribution in [0, 0.1) is 0 Å². The number of benzene rings is 1. The molecule has 0 spiro atoms. The number of fused-ring (bicyclic) bond motifs is 1. The summed E-state index contributed by atoms with van der Waals surface area (Å²) in [5, 5.41) is 4.15. The Kier molecular flexibility index (Phi) is 2.78. The minimum atomic E-state index is 0.134. The van der Waals surface area contributed by atoms with Gasteiger partial charge in [0, 0.05) is 12.2 Å². The van der Waals surface area contributed by atoms with Gasteiger partial charge < -0.3 is 4.90 Å². The van der Waals surface area contributed by atoms with Gasteiger partial charge in [0.15, 0.2) is 0 Å². The molecule has 0 unspecified atom stereocenters. The summed E-state index contributed by atoms with van der Waals surface area (Å²) in [6.07, 6.45) is 3.90. The lowest BCUT2D eigenvalue weighted by Crippen LogP contribution is -2.18. The minimum absolute atomic E-state index is 0.134. The molecule has 4 rings (SSSR count). The Morgan fingerprint density at radius 1 is 1.05 bits per heavy atom. The van der Waals surface area contributed by atoms with Crippen molar-refractivity contribution in [2.75, 3.05) is 11.4 Å². The number of hydrogen-bond acceptors (Lipinski definition) is 6. The molecule has 1 aliphatic heterocycles. The lowest BCUT2D eigenvalue weighted by Gasteiger charge is -2.17. The minimum Gasteiger partial charge on any atom is -0.310 e. The van der Waals surface area contributed by atoms with E-state index in [0.29, 0.717) is 11.9 Å². The summed E-state index contributed by atoms with van der Waals surface area (Å²) in [6, 6.07) is 8.19. The number of anilines is 2. The highest BCUT2D eigenvalue weighted by Crippen LogP contribution is 2.32. The first-order chi connectivity index (χ1) is 10.3. The highest BCUT2D eigenvalue weighted by atomic mass is 35.5. The van der Waals surface area contributed by atoms with E-state index in [1.807, 2.05) is 17.0 Å². The monoisotopic (exact) mass is 299 g/mol. The summed E-state index contributed by atoms with van der Waals surface area (Å²) >= 11 is 6.02. The average molecular weight is 300 g/mol. The summed E-state index contributed by atoms with van der Waals surface area (Å²) in [5.41, 5.74) is 2.38. The fourth-order valence-electron chi connectivity index (χ4n) is 2.41. The van der Waals surface area contributed by atoms with Crippen molar-refractivity contribution < 1.29 is 0 Å². The van der Waals surface area contributed by atoms with E-state index >= 15 is 0 Å². The van der Waals surface area contributed by atoms with Gasteiger partial charge >= 0.3 is 0 Å². The fourth-order valence-corrected chi connectivity index (χ4v) is 2.56. The van der Waals surface area contributed by atoms with E-state index in [1.54, 1.807) is 0 Å². The summed E-state index contributed by atoms with van der Waals surface area (Å²) < 4.78 is 1.46. The SMILES string of the molecule is Clc1nc(N2CCc3ccccc32)nc(-n2cncn2)n1. The Bertz CT molecular complexity index is 787. The first-order valence-electron chi connectivity index (χ1n) is 6.43. The molecule has 0 bridgehead atoms. The molecule has 3 aromatic rings. The molecule has 0 N–H and O–H groups in total. The van der Waals surface area contributed by atoms with Gasteiger partial charge in [-0.05, 0) is 29.7 Å². The molecule has 0 radical (unpaired) electrons. The van der Waals surface area contributed by atoms with Gasteiger partial charge in [0.25, 0.3) is 5.95 Å². The molecule has 1 aliphatic rings. The van der Waals surface area contributed by atoms with Crippen LogP contribution in [0.1, 0.15) is 5.56 Å². The second kappa shape index (κ2) is 4.78. The number of hydrogen-bond donors (Lipinski definition) is 0. The normalized spacial score (nSPS) is 13.5. The molecule has 0 amide bonds. The quantitative estimate of drug-likeness (QED) is 0.718. The lowest BCUT2D eigenvalue weighted by molar-refractivity contribution is 0.785. The smallest absolute Gasteiger partial charge is 0.258 e. The Balaban J connectivity index is 1.80. The molecule has 7 nitrogen and oxygen atoms in total. The van der Waals surface area contributed by atoms with Gasteiger partial charge in [-0.25, -0.2) is 4.98 Å². The molecule has 0 atom stereocenters. The van der Waals surface area contributed by atoms with Crippen molar-refractivity contribution in [2.45, 2.75) is 6.42 Å². The third kappa shape index (κ3) is 2.11. The van der Waals surface area contributed by atoms with Crippen LogP contribution in [0.2, 0.25) is 5.28 Å². The predicted molar refractivity (Wildman–Crippen MR) is 76.9 cm³/mol. The highest BCUT2D eigenvalue weighted by Gasteiger charge is 2.23. The molecule has 0 aliphatic carbocycles. The Labute approximate surface area is 125 Å². The van der Waals surface area contributed by atoms with Crippen molar-refractivity contribution >= 4 is 23.2 Å². The van der Waals surface area contributed by atoms with Crippen molar-refractivity contribution in [3.63, 3.8) is 0 Å². The van der Waals surface area contributed by atoms with Gasteiger partial charge in [0.05, 0.1) is 0 Å². The molecule has 21 heavy (non-hydrogen) atoms. The third-order valence-electron chi connectivity index (χ3n) is 3.34. The molecule has 8 heteroatoms. The van der Waals surface area contributed by atoms with Crippen LogP contribution in [-0.4, -0.2) is 36.3 Å². The summed E-state index contributed by atoms with van der Waals surface area (Å²) in [7, 11) is 0. The maximum atomic E-state index is 6.02. The zero-order valence-corrected chi connectivity index (χ0v) is 11.6. The average Bonchev–Trinajstić information content (AvgIpc) is 3.16. The number of para-hydroxylation sites is 1. The van der Waals surface area contributed by atoms with Crippen LogP contribution in [0.4, 0.5) is 11.6 Å². The Hall–Kier alpha value is -2.54. The Morgan fingerprint density at radius 2 is 1.90 bits per heavy atom. The summed E-state index contributed by atoms with van der Waals surface area (Å²) in [4.78, 5) is 18.7. The summed E-state index contributed by atoms with van der Waals surface area (Å²) in [5.74, 6) is 0.873. The number of nitrogens with zero attached hydrogens (tertiary/aromatic N) is 7. The largest absolute Gasteiger partial charge is 0.310 e. The maximum absolute atomic E-state index is 6.02. The standard InChI is InChI=1S/C13H10ClN7/c14-11-17-12(19-13(18-11)21-8-15-7-16-21)20-6-5-9-3-1-2-4-10(9)20/h1-4,7-8H,5-6H2. The van der Waals surface area contributed by atoms with Crippen LogP contribution in [0.25, 0.3) is 5.95 Å². The van der Waals surface area contributed by atoms with Crippen molar-refractivity contribution in [1.29, 1.82) is 0 Å². The van der Waals surface area contributed by atoms with Gasteiger partial charge in [0.1, 0.15) is 12.7 Å². The van der Waals surface area contributed by atoms with E-state index in [4.69, 9.17) is 11.6 Å². The van der Waals surface area contributed by atoms with E-state index in [1.165, 1.54) is 22.9 Å². The molecular weight excluding hydrogens is 290 g/mol. The molecule has 0 fully saturated rings. The number of aromatic nitrogens is 6. The van der Waals surface area contributed by atoms with Gasteiger partial charge in [-0.3, -0.25) is 0 Å². The topological polar surface area (TPSA) is 72.6 Å². The first kappa shape index (κ1) is 12.2. The van der Waals surface area contributed by atoms with Crippen molar-refractivity contribution in [3.8, 4) is 5.95 Å². The third-order valence-corrected chi connectivity index (χ3v) is 3.51. The molecule has 2 aromatic heterocycles. The van der Waals surface area contributed by atoms with E-state index in [0.717, 1.165) is 18.7 Å². The van der Waals surface area contributed by atoms with Gasteiger partial charge in [-0.2, -0.15) is 24.7 Å². The van der Waals surface area contributed by atoms with Crippen LogP contribution in [0.3, 0.4) is 0 Å². The zero-order valence-electron chi connectivity index (χ0n) is 10.9. The van der Waals surface area contributed by atoms with Crippen molar-refractivity contribution in [3.05, 3.63) is 47.8 Å². The van der Waals surface area contributed by atoms with Crippen LogP contribution < -0.4 is 4.90 Å². The fraction of sp³-hybridized carbons (Fsp3) is 0.154. The Morgan fingerprint density at radius 3 is 2.76 bits per heavy atom. The maximum Gasteiger partial charge on any atom is 0.258 e. The second-order valence-corrected chi connectivity index (χ2v) is 4.91. The molecule has 0 saturated carbocycles. The summed E-state index contributed by atoms with van der Waals surface area (Å²) in [6.45, 7) is 0.816. The molecule has 1 aromatic carbocycles. The highest BCUT2D eigenvalue weighted by molar-refractivity contribution is 6.28. The van der Waals surface area contributed by atoms with E-state index in [2.05, 4.69) is 37.2 Å². The van der Waals surface area contributed by atoms with E-state index in [9.17, 15) is 0 Å². The van der Waals surface area contributed by atoms with Crippen LogP contribution in [0.5, 0.6) is 0 Å². The van der Waals surface area contributed by atoms with Crippen LogP contribution in [0.15, 0.2) is 36.9 Å².